The standard InChI is InChI=1S/C17H19F2NO4/c1-16(2,3)15(22)20-10-6-5-8-12-9(17(12,18)19)7-24-13(8)11(10)14(21)23-4/h5-6,9,12H,7H2,1-4H3,(H,20,22). The molecule has 24 heavy (non-hydrogen) atoms. The van der Waals surface area contributed by atoms with Gasteiger partial charge in [-0.05, 0) is 6.07 Å². The zero-order chi connectivity index (χ0) is 17.9. The minimum Gasteiger partial charge on any atom is -0.492 e. The SMILES string of the molecule is COC(=O)c1c(NC(=O)C(C)(C)C)ccc2c1OCC1C2C1(F)F. The van der Waals surface area contributed by atoms with Gasteiger partial charge >= 0.3 is 5.97 Å². The summed E-state index contributed by atoms with van der Waals surface area (Å²) in [6, 6.07) is 2.94. The number of anilines is 1. The Bertz CT molecular complexity index is 724. The van der Waals surface area contributed by atoms with E-state index in [0.717, 1.165) is 0 Å². The van der Waals surface area contributed by atoms with E-state index in [4.69, 9.17) is 9.47 Å². The first-order chi connectivity index (χ1) is 11.1. The van der Waals surface area contributed by atoms with E-state index in [9.17, 15) is 18.4 Å². The van der Waals surface area contributed by atoms with Gasteiger partial charge in [-0.15, -0.1) is 0 Å². The Morgan fingerprint density at radius 2 is 2.00 bits per heavy atom. The summed E-state index contributed by atoms with van der Waals surface area (Å²) < 4.78 is 37.8. The molecule has 1 aromatic carbocycles. The summed E-state index contributed by atoms with van der Waals surface area (Å²) in [5.74, 6) is -5.60. The first kappa shape index (κ1) is 16.7. The highest BCUT2D eigenvalue weighted by Gasteiger charge is 2.71. The van der Waals surface area contributed by atoms with Gasteiger partial charge in [-0.1, -0.05) is 26.8 Å². The lowest BCUT2D eigenvalue weighted by atomic mass is 9.94. The number of fused-ring (bicyclic) bond motifs is 3. The van der Waals surface area contributed by atoms with E-state index in [0.29, 0.717) is 0 Å². The van der Waals surface area contributed by atoms with Crippen LogP contribution in [0.25, 0.3) is 0 Å². The maximum absolute atomic E-state index is 13.8. The van der Waals surface area contributed by atoms with Gasteiger partial charge in [0.1, 0.15) is 11.3 Å². The van der Waals surface area contributed by atoms with Gasteiger partial charge in [0.2, 0.25) is 5.91 Å². The largest absolute Gasteiger partial charge is 0.492 e. The van der Waals surface area contributed by atoms with Crippen molar-refractivity contribution >= 4 is 17.6 Å². The lowest BCUT2D eigenvalue weighted by Crippen LogP contribution is -2.29. The molecular formula is C17H19F2NO4. The average Bonchev–Trinajstić information content (AvgIpc) is 3.07. The van der Waals surface area contributed by atoms with Crippen molar-refractivity contribution in [3.05, 3.63) is 23.3 Å². The number of hydrogen-bond acceptors (Lipinski definition) is 4. The normalized spacial score (nSPS) is 23.4. The quantitative estimate of drug-likeness (QED) is 0.841. The Morgan fingerprint density at radius 1 is 1.33 bits per heavy atom. The smallest absolute Gasteiger partial charge is 0.343 e. The fourth-order valence-corrected chi connectivity index (χ4v) is 2.91. The second-order valence-corrected chi connectivity index (χ2v) is 7.17. The fourth-order valence-electron chi connectivity index (χ4n) is 2.91. The first-order valence-corrected chi connectivity index (χ1v) is 7.66. The summed E-state index contributed by atoms with van der Waals surface area (Å²) in [5, 5.41) is 2.66. The monoisotopic (exact) mass is 339 g/mol. The highest BCUT2D eigenvalue weighted by Crippen LogP contribution is 2.65. The number of halogens is 2. The van der Waals surface area contributed by atoms with Gasteiger partial charge in [-0.3, -0.25) is 4.79 Å². The molecule has 1 heterocycles. The van der Waals surface area contributed by atoms with Crippen LogP contribution in [0.1, 0.15) is 42.6 Å². The van der Waals surface area contributed by atoms with Crippen LogP contribution in [-0.4, -0.2) is 31.5 Å². The minimum absolute atomic E-state index is 0.0197. The van der Waals surface area contributed by atoms with E-state index in [1.807, 2.05) is 0 Å². The van der Waals surface area contributed by atoms with Crippen LogP contribution in [-0.2, 0) is 9.53 Å². The summed E-state index contributed by atoms with van der Waals surface area (Å²) >= 11 is 0. The maximum Gasteiger partial charge on any atom is 0.343 e. The second-order valence-electron chi connectivity index (χ2n) is 7.17. The molecule has 1 aliphatic carbocycles. The van der Waals surface area contributed by atoms with Crippen LogP contribution < -0.4 is 10.1 Å². The second kappa shape index (κ2) is 5.16. The molecule has 0 spiro atoms. The number of benzene rings is 1. The molecule has 2 atom stereocenters. The van der Waals surface area contributed by atoms with Gasteiger partial charge < -0.3 is 14.8 Å². The number of alkyl halides is 2. The van der Waals surface area contributed by atoms with Crippen molar-refractivity contribution in [2.24, 2.45) is 11.3 Å². The van der Waals surface area contributed by atoms with Gasteiger partial charge in [0.15, 0.2) is 0 Å². The molecule has 0 bridgehead atoms. The Balaban J connectivity index is 2.06. The molecule has 0 aromatic heterocycles. The lowest BCUT2D eigenvalue weighted by molar-refractivity contribution is -0.123. The molecule has 0 radical (unpaired) electrons. The molecule has 1 aliphatic heterocycles. The molecule has 5 nitrogen and oxygen atoms in total. The van der Waals surface area contributed by atoms with Gasteiger partial charge in [0.05, 0.1) is 31.2 Å². The lowest BCUT2D eigenvalue weighted by Gasteiger charge is -2.23. The van der Waals surface area contributed by atoms with Crippen LogP contribution in [0.15, 0.2) is 12.1 Å². The molecule has 3 rings (SSSR count). The Morgan fingerprint density at radius 3 is 2.58 bits per heavy atom. The van der Waals surface area contributed by atoms with Crippen molar-refractivity contribution in [2.75, 3.05) is 19.0 Å². The van der Waals surface area contributed by atoms with Crippen molar-refractivity contribution in [3.63, 3.8) is 0 Å². The van der Waals surface area contributed by atoms with E-state index in [1.54, 1.807) is 20.8 Å². The average molecular weight is 339 g/mol. The van der Waals surface area contributed by atoms with Gasteiger partial charge in [0.25, 0.3) is 5.92 Å². The van der Waals surface area contributed by atoms with Crippen molar-refractivity contribution in [2.45, 2.75) is 32.6 Å². The van der Waals surface area contributed by atoms with Crippen LogP contribution in [0.3, 0.4) is 0 Å². The molecule has 0 saturated heterocycles. The van der Waals surface area contributed by atoms with E-state index >= 15 is 0 Å². The van der Waals surface area contributed by atoms with Crippen LogP contribution in [0.5, 0.6) is 5.75 Å². The zero-order valence-electron chi connectivity index (χ0n) is 13.9. The van der Waals surface area contributed by atoms with Crippen molar-refractivity contribution in [3.8, 4) is 5.75 Å². The maximum atomic E-state index is 13.8. The molecule has 1 aromatic rings. The third-order valence-corrected chi connectivity index (χ3v) is 4.45. The van der Waals surface area contributed by atoms with E-state index in [1.165, 1.54) is 19.2 Å². The molecule has 2 unspecified atom stereocenters. The number of methoxy groups -OCH3 is 1. The molecule has 2 aliphatic rings. The van der Waals surface area contributed by atoms with Gasteiger partial charge in [0, 0.05) is 11.0 Å². The number of esters is 1. The van der Waals surface area contributed by atoms with Crippen LogP contribution in [0.2, 0.25) is 0 Å². The van der Waals surface area contributed by atoms with E-state index < -0.39 is 29.1 Å². The zero-order valence-corrected chi connectivity index (χ0v) is 13.9. The van der Waals surface area contributed by atoms with Crippen molar-refractivity contribution in [1.29, 1.82) is 0 Å². The summed E-state index contributed by atoms with van der Waals surface area (Å²) in [6.45, 7) is 5.02. The van der Waals surface area contributed by atoms with E-state index in [-0.39, 0.29) is 35.1 Å². The molecule has 1 fully saturated rings. The van der Waals surface area contributed by atoms with Crippen LogP contribution in [0.4, 0.5) is 14.5 Å². The number of nitrogens with one attached hydrogen (secondary N) is 1. The third kappa shape index (κ3) is 2.42. The predicted octanol–water partition coefficient (Wildman–Crippen LogP) is 3.20. The summed E-state index contributed by atoms with van der Waals surface area (Å²) in [5.41, 5.74) is -0.222. The first-order valence-electron chi connectivity index (χ1n) is 7.66. The van der Waals surface area contributed by atoms with Gasteiger partial charge in [-0.25, -0.2) is 13.6 Å². The van der Waals surface area contributed by atoms with Crippen molar-refractivity contribution < 1.29 is 27.8 Å². The Kier molecular flexibility index (Phi) is 3.58. The number of ether oxygens (including phenoxy) is 2. The number of rotatable bonds is 2. The number of hydrogen-bond donors (Lipinski definition) is 1. The van der Waals surface area contributed by atoms with Gasteiger partial charge in [-0.2, -0.15) is 0 Å². The van der Waals surface area contributed by atoms with E-state index in [2.05, 4.69) is 5.32 Å². The highest BCUT2D eigenvalue weighted by atomic mass is 19.3. The molecule has 1 saturated carbocycles. The molecule has 1 N–H and O–H groups in total. The summed E-state index contributed by atoms with van der Waals surface area (Å²) in [4.78, 5) is 24.4. The van der Waals surface area contributed by atoms with Crippen LogP contribution in [0, 0.1) is 11.3 Å². The predicted molar refractivity (Wildman–Crippen MR) is 82.5 cm³/mol. The van der Waals surface area contributed by atoms with Crippen molar-refractivity contribution in [1.82, 2.24) is 0 Å². The Labute approximate surface area is 138 Å². The number of carbonyl (C=O) groups excluding carboxylic acids is 2. The minimum atomic E-state index is -2.82. The third-order valence-electron chi connectivity index (χ3n) is 4.45. The topological polar surface area (TPSA) is 64.6 Å². The highest BCUT2D eigenvalue weighted by molar-refractivity contribution is 6.05. The number of amides is 1. The fraction of sp³-hybridized carbons (Fsp3) is 0.529. The van der Waals surface area contributed by atoms with Crippen LogP contribution >= 0.6 is 0 Å². The summed E-state index contributed by atoms with van der Waals surface area (Å²) in [6.07, 6.45) is 0. The molecular weight excluding hydrogens is 320 g/mol. The molecule has 7 heteroatoms. The molecule has 1 amide bonds. The Hall–Kier alpha value is -2.18. The summed E-state index contributed by atoms with van der Waals surface area (Å²) in [7, 11) is 1.19. The number of carbonyl (C=O) groups is 2. The molecule has 130 valence electrons.